The molecule has 5 heteroatoms. The van der Waals surface area contributed by atoms with Gasteiger partial charge in [-0.1, -0.05) is 25.1 Å². The number of anilines is 1. The van der Waals surface area contributed by atoms with E-state index in [0.29, 0.717) is 31.8 Å². The number of nitrogens with one attached hydrogen (secondary N) is 1. The Bertz CT molecular complexity index is 821. The molecule has 0 spiro atoms. The lowest BCUT2D eigenvalue weighted by molar-refractivity contribution is -0.134. The minimum atomic E-state index is -0.0302. The molecule has 1 aromatic carbocycles. The van der Waals surface area contributed by atoms with E-state index in [1.807, 2.05) is 41.3 Å². The van der Waals surface area contributed by atoms with Crippen molar-refractivity contribution in [1.29, 1.82) is 0 Å². The summed E-state index contributed by atoms with van der Waals surface area (Å²) < 4.78 is 5.90. The Labute approximate surface area is 166 Å². The van der Waals surface area contributed by atoms with Gasteiger partial charge in [0.25, 0.3) is 0 Å². The summed E-state index contributed by atoms with van der Waals surface area (Å²) in [5, 5.41) is 2.97. The van der Waals surface area contributed by atoms with Crippen LogP contribution < -0.4 is 5.32 Å². The third-order valence-electron chi connectivity index (χ3n) is 6.00. The molecule has 2 heterocycles. The summed E-state index contributed by atoms with van der Waals surface area (Å²) in [5.41, 5.74) is 0.824. The fraction of sp³-hybridized carbons (Fsp3) is 0.478. The number of aryl methyl sites for hydroxylation is 1. The molecule has 0 bridgehead atoms. The number of hydrogen-bond donors (Lipinski definition) is 1. The number of para-hydroxylation sites is 1. The highest BCUT2D eigenvalue weighted by atomic mass is 16.3. The molecule has 1 aliphatic carbocycles. The molecule has 2 atom stereocenters. The number of rotatable bonds is 6. The smallest absolute Gasteiger partial charge is 0.227 e. The Morgan fingerprint density at radius 3 is 2.50 bits per heavy atom. The standard InChI is InChI=1S/C23H28N2O3/c1-16-15-20(16)21-9-7-19(28-21)8-10-22(26)25-13-11-17(12-14-25)23(27)24-18-5-3-2-4-6-18/h2-7,9,16-17,20H,8,10-15H2,1H3,(H,24,27). The van der Waals surface area contributed by atoms with Gasteiger partial charge in [0.2, 0.25) is 11.8 Å². The van der Waals surface area contributed by atoms with Gasteiger partial charge >= 0.3 is 0 Å². The zero-order chi connectivity index (χ0) is 19.5. The van der Waals surface area contributed by atoms with Crippen LogP contribution in [-0.4, -0.2) is 29.8 Å². The van der Waals surface area contributed by atoms with Crippen LogP contribution in [0.4, 0.5) is 5.69 Å². The zero-order valence-corrected chi connectivity index (χ0v) is 16.4. The molecule has 2 aromatic rings. The van der Waals surface area contributed by atoms with E-state index < -0.39 is 0 Å². The summed E-state index contributed by atoms with van der Waals surface area (Å²) in [5.74, 6) is 3.44. The number of benzene rings is 1. The van der Waals surface area contributed by atoms with Crippen molar-refractivity contribution in [3.8, 4) is 0 Å². The lowest BCUT2D eigenvalue weighted by Gasteiger charge is -2.31. The average Bonchev–Trinajstić information content (AvgIpc) is 3.26. The van der Waals surface area contributed by atoms with Gasteiger partial charge in [-0.25, -0.2) is 0 Å². The van der Waals surface area contributed by atoms with Gasteiger partial charge in [-0.2, -0.15) is 0 Å². The van der Waals surface area contributed by atoms with Crippen molar-refractivity contribution in [2.75, 3.05) is 18.4 Å². The second-order valence-electron chi connectivity index (χ2n) is 8.13. The highest BCUT2D eigenvalue weighted by Gasteiger charge is 2.36. The Kier molecular flexibility index (Phi) is 5.51. The average molecular weight is 380 g/mol. The zero-order valence-electron chi connectivity index (χ0n) is 16.4. The molecule has 2 aliphatic rings. The second-order valence-corrected chi connectivity index (χ2v) is 8.13. The van der Waals surface area contributed by atoms with Crippen molar-refractivity contribution in [3.63, 3.8) is 0 Å². The molecular weight excluding hydrogens is 352 g/mol. The predicted octanol–water partition coefficient (Wildman–Crippen LogP) is 4.21. The highest BCUT2D eigenvalue weighted by Crippen LogP contribution is 2.47. The third kappa shape index (κ3) is 4.46. The van der Waals surface area contributed by atoms with Gasteiger partial charge in [-0.05, 0) is 49.4 Å². The largest absolute Gasteiger partial charge is 0.466 e. The molecule has 1 saturated heterocycles. The molecule has 1 N–H and O–H groups in total. The number of carbonyl (C=O) groups is 2. The van der Waals surface area contributed by atoms with Gasteiger partial charge in [-0.15, -0.1) is 0 Å². The van der Waals surface area contributed by atoms with Gasteiger partial charge in [-0.3, -0.25) is 9.59 Å². The number of likely N-dealkylation sites (tertiary alicyclic amines) is 1. The van der Waals surface area contributed by atoms with E-state index in [4.69, 9.17) is 4.42 Å². The van der Waals surface area contributed by atoms with Gasteiger partial charge in [0, 0.05) is 43.5 Å². The maximum absolute atomic E-state index is 12.5. The van der Waals surface area contributed by atoms with E-state index in [1.165, 1.54) is 6.42 Å². The number of hydrogen-bond acceptors (Lipinski definition) is 3. The third-order valence-corrected chi connectivity index (χ3v) is 6.00. The minimum Gasteiger partial charge on any atom is -0.466 e. The summed E-state index contributed by atoms with van der Waals surface area (Å²) in [6.45, 7) is 3.53. The van der Waals surface area contributed by atoms with Crippen molar-refractivity contribution >= 4 is 17.5 Å². The first-order valence-corrected chi connectivity index (χ1v) is 10.3. The Balaban J connectivity index is 1.20. The van der Waals surface area contributed by atoms with E-state index in [0.717, 1.165) is 36.0 Å². The SMILES string of the molecule is CC1CC1c1ccc(CCC(=O)N2CCC(C(=O)Nc3ccccc3)CC2)o1. The topological polar surface area (TPSA) is 62.6 Å². The molecule has 5 nitrogen and oxygen atoms in total. The molecular formula is C23H28N2O3. The first-order chi connectivity index (χ1) is 13.6. The maximum atomic E-state index is 12.5. The van der Waals surface area contributed by atoms with Gasteiger partial charge in [0.05, 0.1) is 0 Å². The summed E-state index contributed by atoms with van der Waals surface area (Å²) in [6.07, 6.45) is 3.75. The van der Waals surface area contributed by atoms with Crippen molar-refractivity contribution in [2.45, 2.75) is 44.9 Å². The van der Waals surface area contributed by atoms with Crippen LogP contribution in [0, 0.1) is 11.8 Å². The first kappa shape index (κ1) is 18.8. The first-order valence-electron chi connectivity index (χ1n) is 10.3. The number of furan rings is 1. The van der Waals surface area contributed by atoms with Crippen molar-refractivity contribution in [2.24, 2.45) is 11.8 Å². The van der Waals surface area contributed by atoms with E-state index in [2.05, 4.69) is 18.3 Å². The molecule has 1 aliphatic heterocycles. The predicted molar refractivity (Wildman–Crippen MR) is 108 cm³/mol. The Morgan fingerprint density at radius 1 is 1.11 bits per heavy atom. The molecule has 4 rings (SSSR count). The Morgan fingerprint density at radius 2 is 1.82 bits per heavy atom. The molecule has 1 aromatic heterocycles. The lowest BCUT2D eigenvalue weighted by Crippen LogP contribution is -2.41. The summed E-state index contributed by atoms with van der Waals surface area (Å²) >= 11 is 0. The van der Waals surface area contributed by atoms with Crippen molar-refractivity contribution in [3.05, 3.63) is 54.0 Å². The van der Waals surface area contributed by atoms with Crippen LogP contribution in [0.25, 0.3) is 0 Å². The molecule has 148 valence electrons. The van der Waals surface area contributed by atoms with Crippen LogP contribution in [0.5, 0.6) is 0 Å². The highest BCUT2D eigenvalue weighted by molar-refractivity contribution is 5.92. The number of piperidine rings is 1. The molecule has 2 amide bonds. The van der Waals surface area contributed by atoms with Gasteiger partial charge < -0.3 is 14.6 Å². The monoisotopic (exact) mass is 380 g/mol. The quantitative estimate of drug-likeness (QED) is 0.816. The van der Waals surface area contributed by atoms with Crippen molar-refractivity contribution in [1.82, 2.24) is 4.90 Å². The van der Waals surface area contributed by atoms with Crippen LogP contribution >= 0.6 is 0 Å². The van der Waals surface area contributed by atoms with E-state index >= 15 is 0 Å². The molecule has 0 radical (unpaired) electrons. The van der Waals surface area contributed by atoms with E-state index in [9.17, 15) is 9.59 Å². The molecule has 1 saturated carbocycles. The molecule has 2 fully saturated rings. The van der Waals surface area contributed by atoms with E-state index in [-0.39, 0.29) is 17.7 Å². The number of nitrogens with zero attached hydrogens (tertiary/aromatic N) is 1. The van der Waals surface area contributed by atoms with Crippen LogP contribution in [0.3, 0.4) is 0 Å². The molecule has 28 heavy (non-hydrogen) atoms. The van der Waals surface area contributed by atoms with Crippen LogP contribution in [0.2, 0.25) is 0 Å². The van der Waals surface area contributed by atoms with Crippen molar-refractivity contribution < 1.29 is 14.0 Å². The fourth-order valence-corrected chi connectivity index (χ4v) is 3.99. The van der Waals surface area contributed by atoms with Gasteiger partial charge in [0.1, 0.15) is 11.5 Å². The summed E-state index contributed by atoms with van der Waals surface area (Å²) in [4.78, 5) is 26.8. The summed E-state index contributed by atoms with van der Waals surface area (Å²) in [6, 6.07) is 13.6. The van der Waals surface area contributed by atoms with Crippen LogP contribution in [0.15, 0.2) is 46.9 Å². The summed E-state index contributed by atoms with van der Waals surface area (Å²) in [7, 11) is 0. The van der Waals surface area contributed by atoms with Crippen LogP contribution in [0.1, 0.15) is 50.0 Å². The second kappa shape index (κ2) is 8.21. The number of carbonyl (C=O) groups excluding carboxylic acids is 2. The Hall–Kier alpha value is -2.56. The lowest BCUT2D eigenvalue weighted by atomic mass is 9.95. The fourth-order valence-electron chi connectivity index (χ4n) is 3.99. The van der Waals surface area contributed by atoms with Crippen LogP contribution in [-0.2, 0) is 16.0 Å². The molecule has 2 unspecified atom stereocenters. The van der Waals surface area contributed by atoms with Gasteiger partial charge in [0.15, 0.2) is 0 Å². The normalized spacial score (nSPS) is 22.1. The minimum absolute atomic E-state index is 0.0302. The number of amides is 2. The van der Waals surface area contributed by atoms with E-state index in [1.54, 1.807) is 0 Å². The maximum Gasteiger partial charge on any atom is 0.227 e.